The molecule has 1 fully saturated rings. The van der Waals surface area contributed by atoms with Crippen LogP contribution in [-0.2, 0) is 0 Å². The van der Waals surface area contributed by atoms with Crippen molar-refractivity contribution < 1.29 is 9.90 Å². The van der Waals surface area contributed by atoms with E-state index >= 15 is 0 Å². The van der Waals surface area contributed by atoms with Gasteiger partial charge in [0.25, 0.3) is 5.91 Å². The van der Waals surface area contributed by atoms with E-state index in [1.165, 1.54) is 11.3 Å². The third kappa shape index (κ3) is 2.25. The van der Waals surface area contributed by atoms with Gasteiger partial charge in [-0.05, 0) is 6.42 Å². The van der Waals surface area contributed by atoms with Gasteiger partial charge in [-0.25, -0.2) is 4.98 Å². The average molecular weight is 240 g/mol. The van der Waals surface area contributed by atoms with Gasteiger partial charge in [0.1, 0.15) is 4.88 Å². The maximum atomic E-state index is 12.0. The molecule has 16 heavy (non-hydrogen) atoms. The Labute approximate surface area is 98.9 Å². The fourth-order valence-electron chi connectivity index (χ4n) is 1.74. The molecule has 1 amide bonds. The van der Waals surface area contributed by atoms with Gasteiger partial charge in [0.15, 0.2) is 0 Å². The van der Waals surface area contributed by atoms with Crippen LogP contribution >= 0.6 is 11.3 Å². The smallest absolute Gasteiger partial charge is 0.265 e. The summed E-state index contributed by atoms with van der Waals surface area (Å²) in [5.41, 5.74) is 0. The molecular formula is C11H16N2O2S. The van der Waals surface area contributed by atoms with Gasteiger partial charge >= 0.3 is 0 Å². The van der Waals surface area contributed by atoms with Crippen LogP contribution in [0.15, 0.2) is 6.20 Å². The normalized spacial score (nSPS) is 20.8. The molecule has 0 aliphatic carbocycles. The second-order valence-electron chi connectivity index (χ2n) is 4.41. The Balaban J connectivity index is 2.09. The van der Waals surface area contributed by atoms with Gasteiger partial charge < -0.3 is 10.0 Å². The van der Waals surface area contributed by atoms with Gasteiger partial charge in [-0.2, -0.15) is 0 Å². The summed E-state index contributed by atoms with van der Waals surface area (Å²) in [6, 6.07) is 0. The lowest BCUT2D eigenvalue weighted by molar-refractivity contribution is 0.0769. The number of hydrogen-bond donors (Lipinski definition) is 1. The second kappa shape index (κ2) is 4.51. The summed E-state index contributed by atoms with van der Waals surface area (Å²) < 4.78 is 0. The summed E-state index contributed by atoms with van der Waals surface area (Å²) in [7, 11) is 0. The molecule has 4 nitrogen and oxygen atoms in total. The molecule has 0 bridgehead atoms. The van der Waals surface area contributed by atoms with Gasteiger partial charge in [-0.1, -0.05) is 13.8 Å². The Morgan fingerprint density at radius 1 is 1.69 bits per heavy atom. The van der Waals surface area contributed by atoms with E-state index in [0.29, 0.717) is 30.3 Å². The zero-order valence-corrected chi connectivity index (χ0v) is 10.3. The molecule has 1 atom stereocenters. The number of likely N-dealkylation sites (tertiary alicyclic amines) is 1. The van der Waals surface area contributed by atoms with Crippen molar-refractivity contribution in [3.63, 3.8) is 0 Å². The second-order valence-corrected chi connectivity index (χ2v) is 5.47. The van der Waals surface area contributed by atoms with Crippen molar-refractivity contribution in [1.29, 1.82) is 0 Å². The van der Waals surface area contributed by atoms with E-state index in [1.807, 2.05) is 0 Å². The first-order valence-electron chi connectivity index (χ1n) is 5.51. The van der Waals surface area contributed by atoms with E-state index in [-0.39, 0.29) is 12.0 Å². The molecule has 1 aliphatic rings. The van der Waals surface area contributed by atoms with Gasteiger partial charge in [-0.3, -0.25) is 4.79 Å². The lowest BCUT2D eigenvalue weighted by Crippen LogP contribution is -2.28. The molecule has 0 unspecified atom stereocenters. The minimum atomic E-state index is -0.360. The van der Waals surface area contributed by atoms with Crippen molar-refractivity contribution in [3.8, 4) is 0 Å². The molecule has 1 aromatic rings. The zero-order valence-electron chi connectivity index (χ0n) is 9.51. The summed E-state index contributed by atoms with van der Waals surface area (Å²) in [5, 5.41) is 10.4. The number of carbonyl (C=O) groups is 1. The number of nitrogens with zero attached hydrogens (tertiary/aromatic N) is 2. The summed E-state index contributed by atoms with van der Waals surface area (Å²) in [5.74, 6) is 0.358. The molecule has 1 aliphatic heterocycles. The van der Waals surface area contributed by atoms with Gasteiger partial charge in [0.05, 0.1) is 17.3 Å². The molecule has 5 heteroatoms. The molecule has 1 saturated heterocycles. The monoisotopic (exact) mass is 240 g/mol. The molecule has 1 N–H and O–H groups in total. The van der Waals surface area contributed by atoms with Crippen molar-refractivity contribution >= 4 is 17.2 Å². The van der Waals surface area contributed by atoms with Gasteiger partial charge in [0.2, 0.25) is 0 Å². The standard InChI is InChI=1S/C11H16N2O2S/c1-7(2)10-12-5-9(16-10)11(15)13-4-3-8(14)6-13/h5,7-8,14H,3-4,6H2,1-2H3/t8-/m1/s1. The topological polar surface area (TPSA) is 53.4 Å². The maximum absolute atomic E-state index is 12.0. The fourth-order valence-corrected chi connectivity index (χ4v) is 2.62. The summed E-state index contributed by atoms with van der Waals surface area (Å²) in [4.78, 5) is 18.6. The van der Waals surface area contributed by atoms with Crippen LogP contribution in [0.1, 0.15) is 40.9 Å². The third-order valence-electron chi connectivity index (χ3n) is 2.68. The molecule has 0 spiro atoms. The van der Waals surface area contributed by atoms with E-state index in [2.05, 4.69) is 18.8 Å². The first kappa shape index (κ1) is 11.5. The number of thiazole rings is 1. The Kier molecular flexibility index (Phi) is 3.25. The highest BCUT2D eigenvalue weighted by atomic mass is 32.1. The third-order valence-corrected chi connectivity index (χ3v) is 3.96. The quantitative estimate of drug-likeness (QED) is 0.851. The highest BCUT2D eigenvalue weighted by Crippen LogP contribution is 2.23. The maximum Gasteiger partial charge on any atom is 0.265 e. The Hall–Kier alpha value is -0.940. The van der Waals surface area contributed by atoms with Crippen LogP contribution in [0.5, 0.6) is 0 Å². The molecular weight excluding hydrogens is 224 g/mol. The Morgan fingerprint density at radius 2 is 2.44 bits per heavy atom. The van der Waals surface area contributed by atoms with Gasteiger partial charge in [-0.15, -0.1) is 11.3 Å². The first-order chi connectivity index (χ1) is 7.58. The van der Waals surface area contributed by atoms with E-state index in [9.17, 15) is 9.90 Å². The van der Waals surface area contributed by atoms with Crippen LogP contribution in [0.2, 0.25) is 0 Å². The average Bonchev–Trinajstić information content (AvgIpc) is 2.84. The number of aliphatic hydroxyl groups is 1. The summed E-state index contributed by atoms with van der Waals surface area (Å²) in [6.07, 6.45) is 1.97. The van der Waals surface area contributed by atoms with Crippen molar-refractivity contribution in [3.05, 3.63) is 16.1 Å². The van der Waals surface area contributed by atoms with Crippen LogP contribution in [0.3, 0.4) is 0 Å². The van der Waals surface area contributed by atoms with Crippen molar-refractivity contribution in [2.75, 3.05) is 13.1 Å². The number of β-amino-alcohol motifs (C(OH)–C–C–N with tert-alkyl or cyclic N) is 1. The first-order valence-corrected chi connectivity index (χ1v) is 6.32. The SMILES string of the molecule is CC(C)c1ncc(C(=O)N2CC[C@@H](O)C2)s1. The number of aromatic nitrogens is 1. The van der Waals surface area contributed by atoms with Crippen molar-refractivity contribution in [1.82, 2.24) is 9.88 Å². The van der Waals surface area contributed by atoms with Crippen molar-refractivity contribution in [2.45, 2.75) is 32.3 Å². The van der Waals surface area contributed by atoms with Crippen LogP contribution in [-0.4, -0.2) is 40.1 Å². The Morgan fingerprint density at radius 3 is 2.94 bits per heavy atom. The van der Waals surface area contributed by atoms with Crippen LogP contribution in [0.4, 0.5) is 0 Å². The van der Waals surface area contributed by atoms with Crippen molar-refractivity contribution in [2.24, 2.45) is 0 Å². The van der Waals surface area contributed by atoms with Crippen LogP contribution < -0.4 is 0 Å². The predicted octanol–water partition coefficient (Wildman–Crippen LogP) is 1.47. The molecule has 0 radical (unpaired) electrons. The highest BCUT2D eigenvalue weighted by Gasteiger charge is 2.26. The fraction of sp³-hybridized carbons (Fsp3) is 0.636. The number of carbonyl (C=O) groups excluding carboxylic acids is 1. The highest BCUT2D eigenvalue weighted by molar-refractivity contribution is 7.13. The lowest BCUT2D eigenvalue weighted by atomic mass is 10.2. The molecule has 2 rings (SSSR count). The van der Waals surface area contributed by atoms with E-state index in [1.54, 1.807) is 11.1 Å². The number of hydrogen-bond acceptors (Lipinski definition) is 4. The van der Waals surface area contributed by atoms with Crippen LogP contribution in [0, 0.1) is 0 Å². The minimum Gasteiger partial charge on any atom is -0.391 e. The molecule has 88 valence electrons. The number of amides is 1. The van der Waals surface area contributed by atoms with Gasteiger partial charge in [0, 0.05) is 19.0 Å². The molecule has 0 saturated carbocycles. The minimum absolute atomic E-state index is 0.000880. The van der Waals surface area contributed by atoms with E-state index in [0.717, 1.165) is 5.01 Å². The Bertz CT molecular complexity index is 389. The largest absolute Gasteiger partial charge is 0.391 e. The summed E-state index contributed by atoms with van der Waals surface area (Å²) >= 11 is 1.45. The van der Waals surface area contributed by atoms with E-state index in [4.69, 9.17) is 0 Å². The van der Waals surface area contributed by atoms with E-state index < -0.39 is 0 Å². The summed E-state index contributed by atoms with van der Waals surface area (Å²) in [6.45, 7) is 5.22. The van der Waals surface area contributed by atoms with Crippen LogP contribution in [0.25, 0.3) is 0 Å². The number of aliphatic hydroxyl groups excluding tert-OH is 1. The molecule has 1 aromatic heterocycles. The lowest BCUT2D eigenvalue weighted by Gasteiger charge is -2.13. The number of rotatable bonds is 2. The molecule has 2 heterocycles. The molecule has 0 aromatic carbocycles. The predicted molar refractivity (Wildman–Crippen MR) is 62.7 cm³/mol. The zero-order chi connectivity index (χ0) is 11.7.